The molecule has 1 N–H and O–H groups in total. The third-order valence-electron chi connectivity index (χ3n) is 4.55. The minimum Gasteiger partial charge on any atom is -0.497 e. The van der Waals surface area contributed by atoms with Gasteiger partial charge in [-0.1, -0.05) is 48.5 Å². The second-order valence-electron chi connectivity index (χ2n) is 6.50. The van der Waals surface area contributed by atoms with Gasteiger partial charge in [0.15, 0.2) is 0 Å². The predicted molar refractivity (Wildman–Crippen MR) is 112 cm³/mol. The molecule has 0 bridgehead atoms. The lowest BCUT2D eigenvalue weighted by molar-refractivity contribution is 0.0952. The monoisotopic (exact) mass is 384 g/mol. The van der Waals surface area contributed by atoms with Crippen molar-refractivity contribution in [1.82, 2.24) is 10.3 Å². The maximum absolute atomic E-state index is 12.6. The molecule has 0 saturated heterocycles. The number of nitrogens with zero attached hydrogens (tertiary/aromatic N) is 1. The Hall–Kier alpha value is -3.86. The van der Waals surface area contributed by atoms with E-state index in [1.165, 1.54) is 0 Å². The van der Waals surface area contributed by atoms with Crippen LogP contribution in [0, 0.1) is 0 Å². The van der Waals surface area contributed by atoms with E-state index < -0.39 is 0 Å². The van der Waals surface area contributed by atoms with E-state index in [0.29, 0.717) is 23.7 Å². The van der Waals surface area contributed by atoms with Gasteiger partial charge in [0.25, 0.3) is 5.91 Å². The lowest BCUT2D eigenvalue weighted by Crippen LogP contribution is -2.23. The quantitative estimate of drug-likeness (QED) is 0.510. The van der Waals surface area contributed by atoms with Gasteiger partial charge >= 0.3 is 0 Å². The van der Waals surface area contributed by atoms with Gasteiger partial charge in [0.1, 0.15) is 11.5 Å². The molecule has 0 unspecified atom stereocenters. The number of carbonyl (C=O) groups is 1. The van der Waals surface area contributed by atoms with Crippen LogP contribution < -0.4 is 14.8 Å². The fraction of sp³-hybridized carbons (Fsp3) is 0.0833. The second-order valence-corrected chi connectivity index (χ2v) is 6.50. The summed E-state index contributed by atoms with van der Waals surface area (Å²) in [6, 6.07) is 24.6. The molecule has 0 radical (unpaired) electrons. The summed E-state index contributed by atoms with van der Waals surface area (Å²) in [6.45, 7) is 0.383. The Kier molecular flexibility index (Phi) is 5.38. The van der Waals surface area contributed by atoms with Crippen LogP contribution in [0.1, 0.15) is 15.9 Å². The van der Waals surface area contributed by atoms with Crippen LogP contribution in [0.15, 0.2) is 85.1 Å². The second kappa shape index (κ2) is 8.44. The molecule has 1 aromatic heterocycles. The van der Waals surface area contributed by atoms with Crippen molar-refractivity contribution in [3.63, 3.8) is 0 Å². The van der Waals surface area contributed by atoms with Crippen LogP contribution in [0.25, 0.3) is 10.8 Å². The third-order valence-corrected chi connectivity index (χ3v) is 4.55. The summed E-state index contributed by atoms with van der Waals surface area (Å²) in [5.41, 5.74) is 1.55. The van der Waals surface area contributed by atoms with Gasteiger partial charge in [-0.15, -0.1) is 0 Å². The lowest BCUT2D eigenvalue weighted by atomic mass is 10.0. The maximum atomic E-state index is 12.6. The van der Waals surface area contributed by atoms with E-state index in [1.807, 2.05) is 66.7 Å². The Morgan fingerprint density at radius 2 is 1.72 bits per heavy atom. The Bertz CT molecular complexity index is 1130. The predicted octanol–water partition coefficient (Wildman–Crippen LogP) is 4.97. The van der Waals surface area contributed by atoms with E-state index in [4.69, 9.17) is 9.47 Å². The smallest absolute Gasteiger partial charge is 0.252 e. The van der Waals surface area contributed by atoms with E-state index in [9.17, 15) is 4.79 Å². The van der Waals surface area contributed by atoms with E-state index in [1.54, 1.807) is 25.4 Å². The molecule has 0 aliphatic carbocycles. The van der Waals surface area contributed by atoms with Gasteiger partial charge < -0.3 is 14.8 Å². The zero-order valence-corrected chi connectivity index (χ0v) is 16.0. The van der Waals surface area contributed by atoms with Gasteiger partial charge in [0.2, 0.25) is 5.88 Å². The van der Waals surface area contributed by atoms with E-state index in [-0.39, 0.29) is 5.91 Å². The molecule has 5 nitrogen and oxygen atoms in total. The van der Waals surface area contributed by atoms with Gasteiger partial charge in [0, 0.05) is 30.4 Å². The van der Waals surface area contributed by atoms with Gasteiger partial charge in [0.05, 0.1) is 7.11 Å². The minimum atomic E-state index is -0.112. The van der Waals surface area contributed by atoms with Crippen molar-refractivity contribution >= 4 is 16.7 Å². The number of methoxy groups -OCH3 is 1. The molecule has 29 heavy (non-hydrogen) atoms. The number of pyridine rings is 1. The standard InChI is InChI=1S/C24H20N2O3/c1-28-19-8-5-9-20(14-19)29-23-13-12-17(15-25-23)16-26-24(27)22-11-4-7-18-6-2-3-10-21(18)22/h2-15H,16H2,1H3,(H,26,27). The molecule has 1 heterocycles. The van der Waals surface area contributed by atoms with Crippen molar-refractivity contribution in [2.24, 2.45) is 0 Å². The van der Waals surface area contributed by atoms with Gasteiger partial charge in [-0.3, -0.25) is 4.79 Å². The normalized spacial score (nSPS) is 10.5. The molecule has 0 aliphatic heterocycles. The molecule has 0 aliphatic rings. The van der Waals surface area contributed by atoms with Crippen molar-refractivity contribution < 1.29 is 14.3 Å². The van der Waals surface area contributed by atoms with E-state index >= 15 is 0 Å². The number of fused-ring (bicyclic) bond motifs is 1. The van der Waals surface area contributed by atoms with Crippen molar-refractivity contribution in [2.45, 2.75) is 6.54 Å². The highest BCUT2D eigenvalue weighted by molar-refractivity contribution is 6.06. The summed E-state index contributed by atoms with van der Waals surface area (Å²) in [5, 5.41) is 4.94. The number of ether oxygens (including phenoxy) is 2. The Balaban J connectivity index is 1.40. The number of carbonyl (C=O) groups excluding carboxylic acids is 1. The molecule has 1 amide bonds. The largest absolute Gasteiger partial charge is 0.497 e. The Morgan fingerprint density at radius 1 is 0.931 bits per heavy atom. The van der Waals surface area contributed by atoms with Gasteiger partial charge in [-0.05, 0) is 34.5 Å². The Morgan fingerprint density at radius 3 is 2.55 bits per heavy atom. The molecular weight excluding hydrogens is 364 g/mol. The molecule has 0 fully saturated rings. The lowest BCUT2D eigenvalue weighted by Gasteiger charge is -2.09. The number of nitrogens with one attached hydrogen (secondary N) is 1. The van der Waals surface area contributed by atoms with E-state index in [2.05, 4.69) is 10.3 Å². The molecular formula is C24H20N2O3. The summed E-state index contributed by atoms with van der Waals surface area (Å²) in [7, 11) is 1.61. The topological polar surface area (TPSA) is 60.5 Å². The zero-order valence-electron chi connectivity index (χ0n) is 16.0. The van der Waals surface area contributed by atoms with E-state index in [0.717, 1.165) is 22.1 Å². The summed E-state index contributed by atoms with van der Waals surface area (Å²) in [4.78, 5) is 16.9. The molecule has 0 atom stereocenters. The first-order valence-electron chi connectivity index (χ1n) is 9.26. The molecule has 5 heteroatoms. The number of rotatable bonds is 6. The number of hydrogen-bond acceptors (Lipinski definition) is 4. The summed E-state index contributed by atoms with van der Waals surface area (Å²) in [5.74, 6) is 1.73. The third kappa shape index (κ3) is 4.35. The first-order chi connectivity index (χ1) is 14.2. The first-order valence-corrected chi connectivity index (χ1v) is 9.26. The number of benzene rings is 3. The summed E-state index contributed by atoms with van der Waals surface area (Å²) in [6.07, 6.45) is 1.69. The molecule has 4 rings (SSSR count). The maximum Gasteiger partial charge on any atom is 0.252 e. The zero-order chi connectivity index (χ0) is 20.1. The average molecular weight is 384 g/mol. The highest BCUT2D eigenvalue weighted by Crippen LogP contribution is 2.24. The number of hydrogen-bond donors (Lipinski definition) is 1. The van der Waals surface area contributed by atoms with Crippen molar-refractivity contribution in [3.8, 4) is 17.4 Å². The molecule has 4 aromatic rings. The SMILES string of the molecule is COc1cccc(Oc2ccc(CNC(=O)c3cccc4ccccc34)cn2)c1. The van der Waals surface area contributed by atoms with Crippen LogP contribution in [-0.2, 0) is 6.54 Å². The van der Waals surface area contributed by atoms with Gasteiger partial charge in [-0.2, -0.15) is 0 Å². The average Bonchev–Trinajstić information content (AvgIpc) is 2.78. The van der Waals surface area contributed by atoms with Crippen LogP contribution in [0.2, 0.25) is 0 Å². The fourth-order valence-electron chi connectivity index (χ4n) is 3.06. The van der Waals surface area contributed by atoms with Crippen molar-refractivity contribution in [3.05, 3.63) is 96.2 Å². The van der Waals surface area contributed by atoms with Gasteiger partial charge in [-0.25, -0.2) is 4.98 Å². The molecule has 0 spiro atoms. The molecule has 0 saturated carbocycles. The van der Waals surface area contributed by atoms with Crippen LogP contribution >= 0.6 is 0 Å². The van der Waals surface area contributed by atoms with Crippen molar-refractivity contribution in [2.75, 3.05) is 7.11 Å². The highest BCUT2D eigenvalue weighted by Gasteiger charge is 2.09. The highest BCUT2D eigenvalue weighted by atomic mass is 16.5. The number of aromatic nitrogens is 1. The summed E-state index contributed by atoms with van der Waals surface area (Å²) >= 11 is 0. The number of amides is 1. The fourth-order valence-corrected chi connectivity index (χ4v) is 3.06. The Labute approximate surface area is 168 Å². The van der Waals surface area contributed by atoms with Crippen LogP contribution in [0.4, 0.5) is 0 Å². The minimum absolute atomic E-state index is 0.112. The van der Waals surface area contributed by atoms with Crippen LogP contribution in [-0.4, -0.2) is 18.0 Å². The van der Waals surface area contributed by atoms with Crippen LogP contribution in [0.5, 0.6) is 17.4 Å². The van der Waals surface area contributed by atoms with Crippen LogP contribution in [0.3, 0.4) is 0 Å². The molecule has 144 valence electrons. The summed E-state index contributed by atoms with van der Waals surface area (Å²) < 4.78 is 10.9. The molecule has 3 aromatic carbocycles. The van der Waals surface area contributed by atoms with Crippen molar-refractivity contribution in [1.29, 1.82) is 0 Å². The first kappa shape index (κ1) is 18.5.